The van der Waals surface area contributed by atoms with Crippen LogP contribution in [0.3, 0.4) is 0 Å². The Morgan fingerprint density at radius 3 is 1.74 bits per heavy atom. The predicted molar refractivity (Wildman–Crippen MR) is 78.2 cm³/mol. The molecule has 0 bridgehead atoms. The van der Waals surface area contributed by atoms with Gasteiger partial charge < -0.3 is 0 Å². The summed E-state index contributed by atoms with van der Waals surface area (Å²) in [4.78, 5) is 0. The standard InChI is InChI=1S/C19H18/c1-19(10-11-19)18-16-14-8-4-2-6-12(14)13-7-3-5-9-15(13)17(16)18/h2-9,16-18H,10-11H2,1H3/t16-,17+,18?. The van der Waals surface area contributed by atoms with Crippen LogP contribution in [0.5, 0.6) is 0 Å². The summed E-state index contributed by atoms with van der Waals surface area (Å²) in [6.45, 7) is 2.50. The van der Waals surface area contributed by atoms with Gasteiger partial charge >= 0.3 is 0 Å². The molecule has 0 aromatic heterocycles. The smallest absolute Gasteiger partial charge is 0.00440 e. The zero-order valence-electron chi connectivity index (χ0n) is 11.3. The summed E-state index contributed by atoms with van der Waals surface area (Å²) in [5.74, 6) is 2.51. The molecule has 94 valence electrons. The fourth-order valence-corrected chi connectivity index (χ4v) is 4.55. The van der Waals surface area contributed by atoms with Crippen molar-refractivity contribution in [1.29, 1.82) is 0 Å². The fraction of sp³-hybridized carbons (Fsp3) is 0.368. The lowest BCUT2D eigenvalue weighted by Gasteiger charge is -2.18. The second-order valence-electron chi connectivity index (χ2n) is 6.91. The van der Waals surface area contributed by atoms with E-state index in [4.69, 9.17) is 0 Å². The Morgan fingerprint density at radius 2 is 1.26 bits per heavy atom. The van der Waals surface area contributed by atoms with Gasteiger partial charge in [-0.15, -0.1) is 0 Å². The van der Waals surface area contributed by atoms with Crippen LogP contribution in [0, 0.1) is 11.3 Å². The molecule has 5 rings (SSSR count). The van der Waals surface area contributed by atoms with Crippen molar-refractivity contribution in [3.8, 4) is 11.1 Å². The first kappa shape index (κ1) is 10.3. The van der Waals surface area contributed by atoms with Crippen molar-refractivity contribution >= 4 is 0 Å². The zero-order valence-corrected chi connectivity index (χ0v) is 11.3. The molecule has 0 aliphatic heterocycles. The number of rotatable bonds is 1. The summed E-state index contributed by atoms with van der Waals surface area (Å²) in [7, 11) is 0. The molecule has 0 N–H and O–H groups in total. The Morgan fingerprint density at radius 1 is 0.789 bits per heavy atom. The molecule has 0 heterocycles. The summed E-state index contributed by atoms with van der Waals surface area (Å²) in [5, 5.41) is 0. The first-order chi connectivity index (χ1) is 9.30. The minimum atomic E-state index is 0.639. The largest absolute Gasteiger partial charge is 0.0619 e. The van der Waals surface area contributed by atoms with Gasteiger partial charge in [-0.05, 0) is 58.3 Å². The predicted octanol–water partition coefficient (Wildman–Crippen LogP) is 4.96. The van der Waals surface area contributed by atoms with Gasteiger partial charge in [-0.1, -0.05) is 55.5 Å². The van der Waals surface area contributed by atoms with Crippen LogP contribution in [0.15, 0.2) is 48.5 Å². The summed E-state index contributed by atoms with van der Waals surface area (Å²) >= 11 is 0. The average molecular weight is 246 g/mol. The van der Waals surface area contributed by atoms with Gasteiger partial charge in [-0.25, -0.2) is 0 Å². The normalized spacial score (nSPS) is 31.9. The monoisotopic (exact) mass is 246 g/mol. The highest BCUT2D eigenvalue weighted by Gasteiger charge is 2.65. The van der Waals surface area contributed by atoms with E-state index in [1.54, 1.807) is 11.1 Å². The summed E-state index contributed by atoms with van der Waals surface area (Å²) in [6, 6.07) is 18.2. The van der Waals surface area contributed by atoms with E-state index in [1.165, 1.54) is 24.0 Å². The Kier molecular flexibility index (Phi) is 1.68. The van der Waals surface area contributed by atoms with Crippen molar-refractivity contribution < 1.29 is 0 Å². The fourth-order valence-electron chi connectivity index (χ4n) is 4.55. The van der Waals surface area contributed by atoms with E-state index in [9.17, 15) is 0 Å². The molecule has 0 saturated heterocycles. The van der Waals surface area contributed by atoms with Crippen molar-refractivity contribution in [2.24, 2.45) is 11.3 Å². The van der Waals surface area contributed by atoms with Gasteiger partial charge in [-0.2, -0.15) is 0 Å². The second kappa shape index (κ2) is 3.12. The van der Waals surface area contributed by atoms with E-state index in [2.05, 4.69) is 55.5 Å². The van der Waals surface area contributed by atoms with Crippen molar-refractivity contribution in [1.82, 2.24) is 0 Å². The Bertz CT molecular complexity index is 626. The van der Waals surface area contributed by atoms with Crippen LogP contribution in [0.4, 0.5) is 0 Å². The van der Waals surface area contributed by atoms with Crippen LogP contribution >= 0.6 is 0 Å². The van der Waals surface area contributed by atoms with E-state index in [0.29, 0.717) is 5.41 Å². The van der Waals surface area contributed by atoms with Gasteiger partial charge in [-0.3, -0.25) is 0 Å². The average Bonchev–Trinajstić information content (AvgIpc) is 3.34. The third-order valence-electron chi connectivity index (χ3n) is 5.79. The molecule has 19 heavy (non-hydrogen) atoms. The molecule has 0 radical (unpaired) electrons. The third-order valence-corrected chi connectivity index (χ3v) is 5.79. The molecule has 0 amide bonds. The molecule has 0 spiro atoms. The topological polar surface area (TPSA) is 0 Å². The maximum atomic E-state index is 2.50. The molecule has 1 unspecified atom stereocenters. The number of benzene rings is 2. The van der Waals surface area contributed by atoms with Crippen molar-refractivity contribution in [2.75, 3.05) is 0 Å². The molecule has 3 atom stereocenters. The Balaban J connectivity index is 1.76. The van der Waals surface area contributed by atoms with Gasteiger partial charge in [0.2, 0.25) is 0 Å². The lowest BCUT2D eigenvalue weighted by Crippen LogP contribution is -1.98. The first-order valence-corrected chi connectivity index (χ1v) is 7.48. The summed E-state index contributed by atoms with van der Waals surface area (Å²) in [6.07, 6.45) is 2.88. The first-order valence-electron chi connectivity index (χ1n) is 7.48. The summed E-state index contributed by atoms with van der Waals surface area (Å²) < 4.78 is 0. The Hall–Kier alpha value is -1.56. The van der Waals surface area contributed by atoms with E-state index in [0.717, 1.165) is 17.8 Å². The Labute approximate surface area is 114 Å². The van der Waals surface area contributed by atoms with Crippen molar-refractivity contribution in [3.63, 3.8) is 0 Å². The molecule has 3 aliphatic carbocycles. The second-order valence-corrected chi connectivity index (χ2v) is 6.91. The van der Waals surface area contributed by atoms with Crippen LogP contribution in [-0.2, 0) is 0 Å². The summed E-state index contributed by atoms with van der Waals surface area (Å²) in [5.41, 5.74) is 6.85. The van der Waals surface area contributed by atoms with Gasteiger partial charge in [0.25, 0.3) is 0 Å². The number of fused-ring (bicyclic) bond motifs is 6. The number of hydrogen-bond donors (Lipinski definition) is 0. The van der Waals surface area contributed by atoms with Crippen molar-refractivity contribution in [3.05, 3.63) is 59.7 Å². The van der Waals surface area contributed by atoms with Gasteiger partial charge in [0.05, 0.1) is 0 Å². The highest BCUT2D eigenvalue weighted by Crippen LogP contribution is 2.76. The molecule has 2 aromatic carbocycles. The van der Waals surface area contributed by atoms with Gasteiger partial charge in [0.1, 0.15) is 0 Å². The molecule has 0 nitrogen and oxygen atoms in total. The van der Waals surface area contributed by atoms with E-state index in [-0.39, 0.29) is 0 Å². The molecule has 3 aliphatic rings. The molecule has 2 saturated carbocycles. The van der Waals surface area contributed by atoms with Crippen LogP contribution in [0.1, 0.15) is 42.7 Å². The molecule has 0 heteroatoms. The van der Waals surface area contributed by atoms with E-state index < -0.39 is 0 Å². The van der Waals surface area contributed by atoms with Crippen LogP contribution in [-0.4, -0.2) is 0 Å². The zero-order chi connectivity index (χ0) is 12.6. The maximum Gasteiger partial charge on any atom is -0.00440 e. The van der Waals surface area contributed by atoms with Gasteiger partial charge in [0, 0.05) is 0 Å². The molecule has 2 fully saturated rings. The van der Waals surface area contributed by atoms with Gasteiger partial charge in [0.15, 0.2) is 0 Å². The SMILES string of the molecule is CC1(C2[C@H]3c4ccccc4-c4ccccc4[C@@H]23)CC1. The lowest BCUT2D eigenvalue weighted by molar-refractivity contribution is 0.471. The van der Waals surface area contributed by atoms with E-state index >= 15 is 0 Å². The van der Waals surface area contributed by atoms with Crippen LogP contribution < -0.4 is 0 Å². The quantitative estimate of drug-likeness (QED) is 0.667. The molecular weight excluding hydrogens is 228 g/mol. The maximum absolute atomic E-state index is 2.50. The highest BCUT2D eigenvalue weighted by molar-refractivity contribution is 5.78. The van der Waals surface area contributed by atoms with E-state index in [1.807, 2.05) is 0 Å². The van der Waals surface area contributed by atoms with Crippen molar-refractivity contribution in [2.45, 2.75) is 31.6 Å². The number of hydrogen-bond acceptors (Lipinski definition) is 0. The van der Waals surface area contributed by atoms with Crippen LogP contribution in [0.25, 0.3) is 11.1 Å². The minimum absolute atomic E-state index is 0.639. The van der Waals surface area contributed by atoms with Crippen LogP contribution in [0.2, 0.25) is 0 Å². The molecular formula is C19H18. The highest BCUT2D eigenvalue weighted by atomic mass is 14.7. The minimum Gasteiger partial charge on any atom is -0.0619 e. The third kappa shape index (κ3) is 1.20. The lowest BCUT2D eigenvalue weighted by atomic mass is 9.86. The molecule has 2 aromatic rings.